The first-order chi connectivity index (χ1) is 8.63. The summed E-state index contributed by atoms with van der Waals surface area (Å²) in [6.07, 6.45) is 0.567. The number of aromatic carboxylic acids is 1. The van der Waals surface area contributed by atoms with E-state index in [0.717, 1.165) is 16.5 Å². The summed E-state index contributed by atoms with van der Waals surface area (Å²) in [5, 5.41) is 10.7. The summed E-state index contributed by atoms with van der Waals surface area (Å²) in [5.41, 5.74) is 1.72. The average Bonchev–Trinajstić information content (AvgIpc) is 2.68. The monoisotopic (exact) mass is 267 g/mol. The molecule has 0 radical (unpaired) electrons. The van der Waals surface area contributed by atoms with Crippen LogP contribution in [0.2, 0.25) is 5.02 Å². The number of carboxylic acid groups (broad SMARTS) is 1. The summed E-state index contributed by atoms with van der Waals surface area (Å²) >= 11 is 5.89. The molecule has 2 N–H and O–H groups in total. The topological polar surface area (TPSA) is 62.3 Å². The molecule has 0 bridgehead atoms. The maximum Gasteiger partial charge on any atom is 0.352 e. The molecule has 0 unspecified atom stereocenters. The molecule has 0 amide bonds. The lowest BCUT2D eigenvalue weighted by Crippen LogP contribution is -2.04. The average molecular weight is 268 g/mol. The van der Waals surface area contributed by atoms with Crippen molar-refractivity contribution in [3.63, 3.8) is 0 Å². The number of hydrogen-bond acceptors (Lipinski definition) is 2. The minimum atomic E-state index is -0.964. The Morgan fingerprint density at radius 3 is 2.94 bits per heavy atom. The molecule has 0 aliphatic carbocycles. The Morgan fingerprint density at radius 1 is 1.50 bits per heavy atom. The van der Waals surface area contributed by atoms with Gasteiger partial charge in [0.1, 0.15) is 5.69 Å². The van der Waals surface area contributed by atoms with Gasteiger partial charge in [-0.3, -0.25) is 0 Å². The summed E-state index contributed by atoms with van der Waals surface area (Å²) in [6, 6.07) is 5.32. The number of carboxylic acids is 1. The van der Waals surface area contributed by atoms with Crippen molar-refractivity contribution in [3.05, 3.63) is 34.5 Å². The molecule has 0 saturated carbocycles. The van der Waals surface area contributed by atoms with Gasteiger partial charge in [-0.25, -0.2) is 4.79 Å². The van der Waals surface area contributed by atoms with Crippen LogP contribution in [0, 0.1) is 0 Å². The SMILES string of the molecule is CCOCCc1c(C(=O)O)[nH]c2cc(Cl)ccc12. The van der Waals surface area contributed by atoms with Crippen LogP contribution in [-0.4, -0.2) is 29.3 Å². The first-order valence-electron chi connectivity index (χ1n) is 5.74. The minimum Gasteiger partial charge on any atom is -0.477 e. The van der Waals surface area contributed by atoms with Crippen molar-refractivity contribution in [2.45, 2.75) is 13.3 Å². The molecule has 0 fully saturated rings. The van der Waals surface area contributed by atoms with Gasteiger partial charge in [0.05, 0.1) is 6.61 Å². The zero-order valence-electron chi connectivity index (χ0n) is 10.00. The van der Waals surface area contributed by atoms with E-state index in [1.807, 2.05) is 13.0 Å². The molecule has 0 saturated heterocycles. The zero-order chi connectivity index (χ0) is 13.1. The number of rotatable bonds is 5. The lowest BCUT2D eigenvalue weighted by atomic mass is 10.1. The summed E-state index contributed by atoms with van der Waals surface area (Å²) in [4.78, 5) is 14.1. The highest BCUT2D eigenvalue weighted by atomic mass is 35.5. The van der Waals surface area contributed by atoms with Gasteiger partial charge in [-0.05, 0) is 31.0 Å². The molecule has 1 aromatic heterocycles. The van der Waals surface area contributed by atoms with Gasteiger partial charge in [0.2, 0.25) is 0 Å². The van der Waals surface area contributed by atoms with Gasteiger partial charge < -0.3 is 14.8 Å². The van der Waals surface area contributed by atoms with Crippen LogP contribution in [-0.2, 0) is 11.2 Å². The smallest absolute Gasteiger partial charge is 0.352 e. The van der Waals surface area contributed by atoms with E-state index in [1.54, 1.807) is 12.1 Å². The van der Waals surface area contributed by atoms with Gasteiger partial charge in [-0.1, -0.05) is 17.7 Å². The third kappa shape index (κ3) is 2.49. The number of aromatic amines is 1. The molecule has 0 aliphatic rings. The van der Waals surface area contributed by atoms with Crippen LogP contribution in [0.4, 0.5) is 0 Å². The predicted molar refractivity (Wildman–Crippen MR) is 70.5 cm³/mol. The van der Waals surface area contributed by atoms with Crippen molar-refractivity contribution in [3.8, 4) is 0 Å². The quantitative estimate of drug-likeness (QED) is 0.818. The van der Waals surface area contributed by atoms with E-state index in [1.165, 1.54) is 0 Å². The molecule has 1 aromatic carbocycles. The Labute approximate surface area is 110 Å². The zero-order valence-corrected chi connectivity index (χ0v) is 10.8. The highest BCUT2D eigenvalue weighted by molar-refractivity contribution is 6.31. The van der Waals surface area contributed by atoms with Crippen molar-refractivity contribution in [1.29, 1.82) is 0 Å². The first kappa shape index (κ1) is 12.9. The van der Waals surface area contributed by atoms with Crippen LogP contribution in [0.3, 0.4) is 0 Å². The molecule has 2 aromatic rings. The lowest BCUT2D eigenvalue weighted by molar-refractivity contribution is 0.0689. The van der Waals surface area contributed by atoms with Gasteiger partial charge in [-0.2, -0.15) is 0 Å². The molecular formula is C13H14ClNO3. The highest BCUT2D eigenvalue weighted by Gasteiger charge is 2.16. The summed E-state index contributed by atoms with van der Waals surface area (Å²) in [7, 11) is 0. The molecular weight excluding hydrogens is 254 g/mol. The Kier molecular flexibility index (Phi) is 3.89. The molecule has 2 rings (SSSR count). The van der Waals surface area contributed by atoms with Gasteiger partial charge in [0, 0.05) is 22.5 Å². The Morgan fingerprint density at radius 2 is 2.28 bits per heavy atom. The van der Waals surface area contributed by atoms with Crippen LogP contribution >= 0.6 is 11.6 Å². The fourth-order valence-corrected chi connectivity index (χ4v) is 2.16. The highest BCUT2D eigenvalue weighted by Crippen LogP contribution is 2.26. The van der Waals surface area contributed by atoms with Crippen LogP contribution in [0.5, 0.6) is 0 Å². The van der Waals surface area contributed by atoms with Crippen LogP contribution in [0.25, 0.3) is 10.9 Å². The number of aromatic nitrogens is 1. The maximum atomic E-state index is 11.2. The van der Waals surface area contributed by atoms with Crippen molar-refractivity contribution < 1.29 is 14.6 Å². The third-order valence-electron chi connectivity index (χ3n) is 2.78. The molecule has 96 valence electrons. The number of hydrogen-bond donors (Lipinski definition) is 2. The number of carbonyl (C=O) groups is 1. The molecule has 0 atom stereocenters. The Hall–Kier alpha value is -1.52. The number of halogens is 1. The molecule has 0 aliphatic heterocycles. The van der Waals surface area contributed by atoms with E-state index in [2.05, 4.69) is 4.98 Å². The first-order valence-corrected chi connectivity index (χ1v) is 6.12. The molecule has 4 nitrogen and oxygen atoms in total. The molecule has 18 heavy (non-hydrogen) atoms. The predicted octanol–water partition coefficient (Wildman–Crippen LogP) is 3.10. The number of ether oxygens (including phenoxy) is 1. The van der Waals surface area contributed by atoms with Gasteiger partial charge in [0.25, 0.3) is 0 Å². The maximum absolute atomic E-state index is 11.2. The van der Waals surface area contributed by atoms with E-state index >= 15 is 0 Å². The normalized spacial score (nSPS) is 11.0. The number of nitrogens with one attached hydrogen (secondary N) is 1. The third-order valence-corrected chi connectivity index (χ3v) is 3.02. The number of benzene rings is 1. The van der Waals surface area contributed by atoms with E-state index in [4.69, 9.17) is 16.3 Å². The van der Waals surface area contributed by atoms with Crippen LogP contribution in [0.1, 0.15) is 23.0 Å². The second-order valence-electron chi connectivity index (χ2n) is 3.92. The summed E-state index contributed by atoms with van der Waals surface area (Å²) in [6.45, 7) is 3.04. The Balaban J connectivity index is 2.45. The van der Waals surface area contributed by atoms with E-state index in [-0.39, 0.29) is 5.69 Å². The van der Waals surface area contributed by atoms with Crippen molar-refractivity contribution in [2.75, 3.05) is 13.2 Å². The fourth-order valence-electron chi connectivity index (χ4n) is 1.99. The van der Waals surface area contributed by atoms with Gasteiger partial charge >= 0.3 is 5.97 Å². The largest absolute Gasteiger partial charge is 0.477 e. The van der Waals surface area contributed by atoms with E-state index < -0.39 is 5.97 Å². The van der Waals surface area contributed by atoms with Crippen molar-refractivity contribution in [1.82, 2.24) is 4.98 Å². The van der Waals surface area contributed by atoms with Crippen LogP contribution < -0.4 is 0 Å². The van der Waals surface area contributed by atoms with Crippen LogP contribution in [0.15, 0.2) is 18.2 Å². The second kappa shape index (κ2) is 5.42. The van der Waals surface area contributed by atoms with Gasteiger partial charge in [-0.15, -0.1) is 0 Å². The molecule has 0 spiro atoms. The molecule has 1 heterocycles. The minimum absolute atomic E-state index is 0.215. The van der Waals surface area contributed by atoms with Gasteiger partial charge in [0.15, 0.2) is 0 Å². The van der Waals surface area contributed by atoms with E-state index in [9.17, 15) is 9.90 Å². The van der Waals surface area contributed by atoms with Crippen molar-refractivity contribution in [2.24, 2.45) is 0 Å². The second-order valence-corrected chi connectivity index (χ2v) is 4.36. The number of H-pyrrole nitrogens is 1. The summed E-state index contributed by atoms with van der Waals surface area (Å²) < 4.78 is 5.28. The van der Waals surface area contributed by atoms with Crippen molar-refractivity contribution >= 4 is 28.5 Å². The molecule has 5 heteroatoms. The number of fused-ring (bicyclic) bond motifs is 1. The van der Waals surface area contributed by atoms with E-state index in [0.29, 0.717) is 24.7 Å². The lowest BCUT2D eigenvalue weighted by Gasteiger charge is -2.02. The fraction of sp³-hybridized carbons (Fsp3) is 0.308. The Bertz CT molecular complexity index is 577. The summed E-state index contributed by atoms with van der Waals surface area (Å²) in [5.74, 6) is -0.964. The standard InChI is InChI=1S/C13H14ClNO3/c1-2-18-6-5-10-9-4-3-8(14)7-11(9)15-12(10)13(16)17/h3-4,7,15H,2,5-6H2,1H3,(H,16,17).